The van der Waals surface area contributed by atoms with Crippen LogP contribution in [0.25, 0.3) is 22.4 Å². The zero-order chi connectivity index (χ0) is 17.8. The third kappa shape index (κ3) is 3.56. The Morgan fingerprint density at radius 3 is 2.85 bits per heavy atom. The Kier molecular flexibility index (Phi) is 4.34. The van der Waals surface area contributed by atoms with Crippen LogP contribution in [0.5, 0.6) is 0 Å². The average Bonchev–Trinajstić information content (AvgIpc) is 3.16. The number of fused-ring (bicyclic) bond motifs is 1. The predicted molar refractivity (Wildman–Crippen MR) is 96.2 cm³/mol. The Balaban J connectivity index is 1.37. The first-order valence-corrected chi connectivity index (χ1v) is 8.16. The van der Waals surface area contributed by atoms with Crippen LogP contribution < -0.4 is 5.32 Å². The first kappa shape index (κ1) is 15.9. The molecule has 0 aliphatic heterocycles. The maximum atomic E-state index is 12.2. The highest BCUT2D eigenvalue weighted by atomic mass is 16.5. The molecule has 0 aliphatic carbocycles. The molecular formula is C19H15N5O2. The molecule has 3 aromatic heterocycles. The zero-order valence-electron chi connectivity index (χ0n) is 13.8. The van der Waals surface area contributed by atoms with Crippen LogP contribution in [0.1, 0.15) is 12.3 Å². The Morgan fingerprint density at radius 1 is 1.04 bits per heavy atom. The third-order valence-corrected chi connectivity index (χ3v) is 3.81. The molecular weight excluding hydrogens is 330 g/mol. The van der Waals surface area contributed by atoms with Crippen molar-refractivity contribution < 1.29 is 9.32 Å². The predicted octanol–water partition coefficient (Wildman–Crippen LogP) is 3.25. The topological polar surface area (TPSA) is 93.8 Å². The van der Waals surface area contributed by atoms with Gasteiger partial charge in [-0.3, -0.25) is 14.8 Å². The lowest BCUT2D eigenvalue weighted by molar-refractivity contribution is -0.116. The van der Waals surface area contributed by atoms with Crippen LogP contribution >= 0.6 is 0 Å². The summed E-state index contributed by atoms with van der Waals surface area (Å²) in [4.78, 5) is 24.9. The number of anilines is 1. The molecule has 1 N–H and O–H groups in total. The summed E-state index contributed by atoms with van der Waals surface area (Å²) < 4.78 is 5.19. The van der Waals surface area contributed by atoms with E-state index >= 15 is 0 Å². The van der Waals surface area contributed by atoms with Crippen LogP contribution in [0, 0.1) is 0 Å². The SMILES string of the molecule is O=C(CCc1nc(-c2ccccn2)no1)Nc1ccc2ncccc2c1. The highest BCUT2D eigenvalue weighted by molar-refractivity contribution is 5.93. The van der Waals surface area contributed by atoms with E-state index in [0.717, 1.165) is 16.6 Å². The molecule has 0 saturated carbocycles. The molecule has 0 bridgehead atoms. The van der Waals surface area contributed by atoms with E-state index in [1.165, 1.54) is 0 Å². The van der Waals surface area contributed by atoms with Crippen LogP contribution in [-0.2, 0) is 11.2 Å². The van der Waals surface area contributed by atoms with Gasteiger partial charge in [0.05, 0.1) is 5.52 Å². The molecule has 7 nitrogen and oxygen atoms in total. The van der Waals surface area contributed by atoms with E-state index < -0.39 is 0 Å². The van der Waals surface area contributed by atoms with Crippen molar-refractivity contribution in [2.75, 3.05) is 5.32 Å². The fraction of sp³-hybridized carbons (Fsp3) is 0.105. The number of nitrogens with one attached hydrogen (secondary N) is 1. The van der Waals surface area contributed by atoms with Crippen molar-refractivity contribution in [2.24, 2.45) is 0 Å². The van der Waals surface area contributed by atoms with E-state index in [0.29, 0.717) is 23.8 Å². The second kappa shape index (κ2) is 7.10. The maximum absolute atomic E-state index is 12.2. The molecule has 0 aliphatic rings. The molecule has 26 heavy (non-hydrogen) atoms. The van der Waals surface area contributed by atoms with Gasteiger partial charge in [-0.05, 0) is 36.4 Å². The fourth-order valence-corrected chi connectivity index (χ4v) is 2.55. The number of hydrogen-bond donors (Lipinski definition) is 1. The number of amides is 1. The van der Waals surface area contributed by atoms with Crippen molar-refractivity contribution in [1.82, 2.24) is 20.1 Å². The summed E-state index contributed by atoms with van der Waals surface area (Å²) in [5.74, 6) is 0.706. The first-order valence-electron chi connectivity index (χ1n) is 8.16. The van der Waals surface area contributed by atoms with E-state index in [2.05, 4.69) is 25.4 Å². The van der Waals surface area contributed by atoms with Gasteiger partial charge in [0, 0.05) is 36.3 Å². The lowest BCUT2D eigenvalue weighted by atomic mass is 10.2. The number of aromatic nitrogens is 4. The van der Waals surface area contributed by atoms with Crippen molar-refractivity contribution >= 4 is 22.5 Å². The van der Waals surface area contributed by atoms with Gasteiger partial charge in [0.2, 0.25) is 17.6 Å². The summed E-state index contributed by atoms with van der Waals surface area (Å²) in [5, 5.41) is 7.74. The number of carbonyl (C=O) groups is 1. The lowest BCUT2D eigenvalue weighted by Crippen LogP contribution is -2.12. The quantitative estimate of drug-likeness (QED) is 0.597. The largest absolute Gasteiger partial charge is 0.339 e. The summed E-state index contributed by atoms with van der Waals surface area (Å²) in [6, 6.07) is 14.9. The van der Waals surface area contributed by atoms with Gasteiger partial charge in [0.1, 0.15) is 5.69 Å². The summed E-state index contributed by atoms with van der Waals surface area (Å²) >= 11 is 0. The summed E-state index contributed by atoms with van der Waals surface area (Å²) in [5.41, 5.74) is 2.25. The standard InChI is InChI=1S/C19H15N5O2/c25-17(22-14-6-7-15-13(12-14)4-3-11-20-15)8-9-18-23-19(24-26-18)16-5-1-2-10-21-16/h1-7,10-12H,8-9H2,(H,22,25). The molecule has 1 aromatic carbocycles. The maximum Gasteiger partial charge on any atom is 0.227 e. The van der Waals surface area contributed by atoms with Crippen LogP contribution in [0.3, 0.4) is 0 Å². The molecule has 3 heterocycles. The van der Waals surface area contributed by atoms with Gasteiger partial charge in [-0.25, -0.2) is 0 Å². The first-order chi connectivity index (χ1) is 12.8. The van der Waals surface area contributed by atoms with Gasteiger partial charge in [-0.2, -0.15) is 4.98 Å². The second-order valence-electron chi connectivity index (χ2n) is 5.69. The Bertz CT molecular complexity index is 1050. The Hall–Kier alpha value is -3.61. The summed E-state index contributed by atoms with van der Waals surface area (Å²) in [6.07, 6.45) is 4.01. The molecule has 0 spiro atoms. The molecule has 0 atom stereocenters. The third-order valence-electron chi connectivity index (χ3n) is 3.81. The monoisotopic (exact) mass is 345 g/mol. The smallest absolute Gasteiger partial charge is 0.227 e. The van der Waals surface area contributed by atoms with Gasteiger partial charge < -0.3 is 9.84 Å². The number of carbonyl (C=O) groups excluding carboxylic acids is 1. The van der Waals surface area contributed by atoms with Crippen LogP contribution in [0.4, 0.5) is 5.69 Å². The number of benzene rings is 1. The molecule has 0 radical (unpaired) electrons. The summed E-state index contributed by atoms with van der Waals surface area (Å²) in [7, 11) is 0. The fourth-order valence-electron chi connectivity index (χ4n) is 2.55. The molecule has 0 unspecified atom stereocenters. The van der Waals surface area contributed by atoms with Gasteiger partial charge in [0.25, 0.3) is 0 Å². The number of aryl methyl sites for hydroxylation is 1. The van der Waals surface area contributed by atoms with E-state index in [4.69, 9.17) is 4.52 Å². The van der Waals surface area contributed by atoms with Crippen LogP contribution in [0.15, 0.2) is 65.4 Å². The minimum atomic E-state index is -0.120. The van der Waals surface area contributed by atoms with Crippen LogP contribution in [-0.4, -0.2) is 26.0 Å². The average molecular weight is 345 g/mol. The highest BCUT2D eigenvalue weighted by Gasteiger charge is 2.11. The number of pyridine rings is 2. The van der Waals surface area contributed by atoms with Crippen molar-refractivity contribution in [3.8, 4) is 11.5 Å². The molecule has 0 saturated heterocycles. The molecule has 0 fully saturated rings. The number of nitrogens with zero attached hydrogens (tertiary/aromatic N) is 4. The number of rotatable bonds is 5. The number of hydrogen-bond acceptors (Lipinski definition) is 6. The van der Waals surface area contributed by atoms with E-state index in [1.807, 2.05) is 42.5 Å². The van der Waals surface area contributed by atoms with Gasteiger partial charge in [-0.15, -0.1) is 0 Å². The van der Waals surface area contributed by atoms with E-state index in [9.17, 15) is 4.79 Å². The lowest BCUT2D eigenvalue weighted by Gasteiger charge is -2.05. The molecule has 128 valence electrons. The van der Waals surface area contributed by atoms with Gasteiger partial charge >= 0.3 is 0 Å². The normalized spacial score (nSPS) is 10.8. The van der Waals surface area contributed by atoms with Crippen molar-refractivity contribution in [1.29, 1.82) is 0 Å². The summed E-state index contributed by atoms with van der Waals surface area (Å²) in [6.45, 7) is 0. The van der Waals surface area contributed by atoms with Crippen LogP contribution in [0.2, 0.25) is 0 Å². The van der Waals surface area contributed by atoms with E-state index in [1.54, 1.807) is 18.5 Å². The minimum absolute atomic E-state index is 0.120. The van der Waals surface area contributed by atoms with Crippen molar-refractivity contribution in [2.45, 2.75) is 12.8 Å². The highest BCUT2D eigenvalue weighted by Crippen LogP contribution is 2.17. The minimum Gasteiger partial charge on any atom is -0.339 e. The van der Waals surface area contributed by atoms with Crippen molar-refractivity contribution in [3.05, 3.63) is 66.8 Å². The second-order valence-corrected chi connectivity index (χ2v) is 5.69. The molecule has 4 rings (SSSR count). The zero-order valence-corrected chi connectivity index (χ0v) is 13.8. The molecule has 4 aromatic rings. The van der Waals surface area contributed by atoms with Gasteiger partial charge in [-0.1, -0.05) is 17.3 Å². The molecule has 1 amide bonds. The van der Waals surface area contributed by atoms with Crippen molar-refractivity contribution in [3.63, 3.8) is 0 Å². The van der Waals surface area contributed by atoms with Gasteiger partial charge in [0.15, 0.2) is 0 Å². The van der Waals surface area contributed by atoms with E-state index in [-0.39, 0.29) is 12.3 Å². The Morgan fingerprint density at radius 2 is 1.96 bits per heavy atom. The Labute approximate surface area is 149 Å². The molecule has 7 heteroatoms.